The number of hydrogen-bond donors (Lipinski definition) is 2. The van der Waals surface area contributed by atoms with Crippen molar-refractivity contribution in [3.63, 3.8) is 0 Å². The van der Waals surface area contributed by atoms with Crippen LogP contribution in [0.15, 0.2) is 60.2 Å². The molecule has 5 heteroatoms. The van der Waals surface area contributed by atoms with Crippen LogP contribution in [0.25, 0.3) is 5.76 Å². The fraction of sp³-hybridized carbons (Fsp3) is 0.238. The fourth-order valence-electron chi connectivity index (χ4n) is 3.33. The van der Waals surface area contributed by atoms with Gasteiger partial charge in [-0.1, -0.05) is 54.1 Å². The van der Waals surface area contributed by atoms with Crippen LogP contribution in [-0.4, -0.2) is 35.2 Å². The van der Waals surface area contributed by atoms with Gasteiger partial charge in [-0.3, -0.25) is 4.79 Å². The first-order valence-corrected chi connectivity index (χ1v) is 8.99. The molecule has 0 aliphatic carbocycles. The first-order chi connectivity index (χ1) is 12.6. The fourth-order valence-corrected chi connectivity index (χ4v) is 3.56. The topological polar surface area (TPSA) is 64.4 Å². The molecular formula is C21H21ClN2O2. The minimum Gasteiger partial charge on any atom is -0.506 e. The lowest BCUT2D eigenvalue weighted by Crippen LogP contribution is -2.31. The van der Waals surface area contributed by atoms with Gasteiger partial charge in [0.1, 0.15) is 5.76 Å². The lowest BCUT2D eigenvalue weighted by Gasteiger charge is -2.18. The van der Waals surface area contributed by atoms with Crippen LogP contribution in [0.1, 0.15) is 17.5 Å². The van der Waals surface area contributed by atoms with E-state index in [1.165, 1.54) is 5.56 Å². The number of benzene rings is 2. The van der Waals surface area contributed by atoms with Crippen LogP contribution in [0.5, 0.6) is 0 Å². The highest BCUT2D eigenvalue weighted by molar-refractivity contribution is 6.32. The second kappa shape index (κ2) is 8.19. The minimum atomic E-state index is -0.326. The van der Waals surface area contributed by atoms with Gasteiger partial charge >= 0.3 is 0 Å². The first kappa shape index (κ1) is 18.2. The molecular weight excluding hydrogens is 348 g/mol. The van der Waals surface area contributed by atoms with Gasteiger partial charge in [0, 0.05) is 24.9 Å². The lowest BCUT2D eigenvalue weighted by molar-refractivity contribution is -0.125. The Hall–Kier alpha value is -2.59. The SMILES string of the molecule is N=C/C(C(=O)N1CCC(Cc2ccccc2)C1)=C(\O)c1ccccc1Cl. The smallest absolute Gasteiger partial charge is 0.259 e. The van der Waals surface area contributed by atoms with E-state index in [-0.39, 0.29) is 17.2 Å². The third kappa shape index (κ3) is 3.97. The summed E-state index contributed by atoms with van der Waals surface area (Å²) in [6.07, 6.45) is 2.75. The summed E-state index contributed by atoms with van der Waals surface area (Å²) in [6.45, 7) is 1.25. The summed E-state index contributed by atoms with van der Waals surface area (Å²) in [5.74, 6) is -0.189. The van der Waals surface area contributed by atoms with E-state index in [2.05, 4.69) is 12.1 Å². The van der Waals surface area contributed by atoms with E-state index in [1.54, 1.807) is 29.2 Å². The van der Waals surface area contributed by atoms with Gasteiger partial charge < -0.3 is 15.4 Å². The Morgan fingerprint density at radius 3 is 2.58 bits per heavy atom. The largest absolute Gasteiger partial charge is 0.506 e. The predicted molar refractivity (Wildman–Crippen MR) is 105 cm³/mol. The molecule has 1 heterocycles. The molecule has 0 saturated carbocycles. The number of likely N-dealkylation sites (tertiary alicyclic amines) is 1. The van der Waals surface area contributed by atoms with Crippen LogP contribution in [0.4, 0.5) is 0 Å². The molecule has 1 aliphatic heterocycles. The van der Waals surface area contributed by atoms with Gasteiger partial charge in [-0.15, -0.1) is 0 Å². The highest BCUT2D eigenvalue weighted by Gasteiger charge is 2.29. The van der Waals surface area contributed by atoms with Crippen molar-refractivity contribution in [3.8, 4) is 0 Å². The number of aliphatic hydroxyl groups excluding tert-OH is 1. The maximum absolute atomic E-state index is 12.8. The Balaban J connectivity index is 1.74. The molecule has 2 aromatic carbocycles. The van der Waals surface area contributed by atoms with Gasteiger partial charge in [0.2, 0.25) is 0 Å². The average Bonchev–Trinajstić information content (AvgIpc) is 3.12. The van der Waals surface area contributed by atoms with Crippen molar-refractivity contribution in [2.75, 3.05) is 13.1 Å². The molecule has 2 aromatic rings. The van der Waals surface area contributed by atoms with E-state index in [1.807, 2.05) is 18.2 Å². The van der Waals surface area contributed by atoms with E-state index in [0.717, 1.165) is 19.1 Å². The van der Waals surface area contributed by atoms with Crippen molar-refractivity contribution in [2.24, 2.45) is 5.92 Å². The summed E-state index contributed by atoms with van der Waals surface area (Å²) >= 11 is 6.10. The van der Waals surface area contributed by atoms with Crippen molar-refractivity contribution in [2.45, 2.75) is 12.8 Å². The zero-order valence-corrected chi connectivity index (χ0v) is 15.1. The molecule has 134 valence electrons. The Labute approximate surface area is 158 Å². The minimum absolute atomic E-state index is 0.0292. The third-order valence-corrected chi connectivity index (χ3v) is 5.03. The molecule has 1 amide bonds. The molecule has 0 aromatic heterocycles. The van der Waals surface area contributed by atoms with Crippen molar-refractivity contribution in [1.29, 1.82) is 5.41 Å². The monoisotopic (exact) mass is 368 g/mol. The summed E-state index contributed by atoms with van der Waals surface area (Å²) in [6, 6.07) is 17.0. The number of nitrogens with zero attached hydrogens (tertiary/aromatic N) is 1. The normalized spacial score (nSPS) is 17.7. The molecule has 2 N–H and O–H groups in total. The Morgan fingerprint density at radius 2 is 1.88 bits per heavy atom. The second-order valence-corrected chi connectivity index (χ2v) is 6.89. The number of aliphatic hydroxyl groups is 1. The van der Waals surface area contributed by atoms with E-state index in [9.17, 15) is 9.90 Å². The van der Waals surface area contributed by atoms with Gasteiger partial charge in [-0.2, -0.15) is 0 Å². The molecule has 0 spiro atoms. The zero-order chi connectivity index (χ0) is 18.5. The third-order valence-electron chi connectivity index (χ3n) is 4.70. The Bertz CT molecular complexity index is 833. The Kier molecular flexibility index (Phi) is 5.74. The van der Waals surface area contributed by atoms with Gasteiger partial charge in [0.25, 0.3) is 5.91 Å². The molecule has 1 fully saturated rings. The predicted octanol–water partition coefficient (Wildman–Crippen LogP) is 4.35. The summed E-state index contributed by atoms with van der Waals surface area (Å²) in [5.41, 5.74) is 1.59. The van der Waals surface area contributed by atoms with Crippen molar-refractivity contribution < 1.29 is 9.90 Å². The number of carbonyl (C=O) groups is 1. The molecule has 1 unspecified atom stereocenters. The molecule has 1 saturated heterocycles. The average molecular weight is 369 g/mol. The number of rotatable bonds is 5. The van der Waals surface area contributed by atoms with Crippen molar-refractivity contribution >= 4 is 29.5 Å². The number of hydrogen-bond acceptors (Lipinski definition) is 3. The molecule has 4 nitrogen and oxygen atoms in total. The molecule has 3 rings (SSSR count). The maximum Gasteiger partial charge on any atom is 0.259 e. The van der Waals surface area contributed by atoms with Crippen molar-refractivity contribution in [1.82, 2.24) is 4.90 Å². The standard InChI is InChI=1S/C21H21ClN2O2/c22-19-9-5-4-8-17(19)20(25)18(13-23)21(26)24-11-10-16(14-24)12-15-6-2-1-3-7-15/h1-9,13,16,23,25H,10-12,14H2/b20-18+,23-13?. The van der Waals surface area contributed by atoms with Gasteiger partial charge in [0.05, 0.1) is 10.6 Å². The van der Waals surface area contributed by atoms with Gasteiger partial charge in [-0.05, 0) is 36.5 Å². The van der Waals surface area contributed by atoms with Crippen LogP contribution in [0.2, 0.25) is 5.02 Å². The van der Waals surface area contributed by atoms with Crippen LogP contribution >= 0.6 is 11.6 Å². The van der Waals surface area contributed by atoms with E-state index >= 15 is 0 Å². The van der Waals surface area contributed by atoms with E-state index in [0.29, 0.717) is 29.6 Å². The van der Waals surface area contributed by atoms with Crippen molar-refractivity contribution in [3.05, 3.63) is 76.3 Å². The summed E-state index contributed by atoms with van der Waals surface area (Å²) < 4.78 is 0. The highest BCUT2D eigenvalue weighted by Crippen LogP contribution is 2.27. The number of carbonyl (C=O) groups excluding carboxylic acids is 1. The summed E-state index contributed by atoms with van der Waals surface area (Å²) in [4.78, 5) is 14.5. The highest BCUT2D eigenvalue weighted by atomic mass is 35.5. The molecule has 0 bridgehead atoms. The van der Waals surface area contributed by atoms with Gasteiger partial charge in [-0.25, -0.2) is 0 Å². The molecule has 0 radical (unpaired) electrons. The zero-order valence-electron chi connectivity index (χ0n) is 14.4. The summed E-state index contributed by atoms with van der Waals surface area (Å²) in [5, 5.41) is 18.4. The first-order valence-electron chi connectivity index (χ1n) is 8.62. The van der Waals surface area contributed by atoms with E-state index in [4.69, 9.17) is 17.0 Å². The molecule has 26 heavy (non-hydrogen) atoms. The van der Waals surface area contributed by atoms with Gasteiger partial charge in [0.15, 0.2) is 0 Å². The maximum atomic E-state index is 12.8. The second-order valence-electron chi connectivity index (χ2n) is 6.48. The van der Waals surface area contributed by atoms with Crippen LogP contribution in [-0.2, 0) is 11.2 Å². The van der Waals surface area contributed by atoms with Crippen LogP contribution in [0, 0.1) is 11.3 Å². The lowest BCUT2D eigenvalue weighted by atomic mass is 9.99. The van der Waals surface area contributed by atoms with Crippen LogP contribution in [0.3, 0.4) is 0 Å². The summed E-state index contributed by atoms with van der Waals surface area (Å²) in [7, 11) is 0. The quantitative estimate of drug-likeness (QED) is 0.468. The number of halogens is 1. The van der Waals surface area contributed by atoms with Crippen LogP contribution < -0.4 is 0 Å². The Morgan fingerprint density at radius 1 is 1.19 bits per heavy atom. The molecule has 1 aliphatic rings. The number of amides is 1. The van der Waals surface area contributed by atoms with E-state index < -0.39 is 0 Å². The molecule has 1 atom stereocenters. The number of nitrogens with one attached hydrogen (secondary N) is 1.